The monoisotopic (exact) mass is 335 g/mol. The van der Waals surface area contributed by atoms with Crippen molar-refractivity contribution in [1.29, 1.82) is 0 Å². The zero-order valence-corrected chi connectivity index (χ0v) is 12.8. The van der Waals surface area contributed by atoms with Gasteiger partial charge in [-0.3, -0.25) is 9.27 Å². The highest BCUT2D eigenvalue weighted by molar-refractivity contribution is 7.87. The lowest BCUT2D eigenvalue weighted by molar-refractivity contribution is 0.489. The van der Waals surface area contributed by atoms with Crippen molar-refractivity contribution >= 4 is 33.0 Å². The lowest BCUT2D eigenvalue weighted by Crippen LogP contribution is -2.10. The minimum Gasteiger partial charge on any atom is -0.364 e. The van der Waals surface area contributed by atoms with Crippen molar-refractivity contribution in [3.8, 4) is 0 Å². The number of aromatic nitrogens is 5. The molecule has 10 nitrogen and oxygen atoms in total. The van der Waals surface area contributed by atoms with E-state index in [1.165, 1.54) is 6.33 Å². The molecule has 0 saturated carbocycles. The van der Waals surface area contributed by atoms with Crippen molar-refractivity contribution in [1.82, 2.24) is 25.0 Å². The van der Waals surface area contributed by atoms with Crippen molar-refractivity contribution in [2.24, 2.45) is 7.05 Å². The van der Waals surface area contributed by atoms with Crippen LogP contribution in [-0.4, -0.2) is 37.9 Å². The molecule has 0 aliphatic carbocycles. The Hall–Kier alpha value is -2.79. The Bertz CT molecular complexity index is 937. The standard InChI is InChI=1S/C12H13N7O3S/c1-19-12-10(16-18-19)11(14-7-15-12)13-6-8-2-4-9(5-3-8)17-23(20,21)22/h2-5,7,17H,6H2,1H3,(H,13,14,15)(H,20,21,22). The molecule has 0 aliphatic heterocycles. The second-order valence-electron chi connectivity index (χ2n) is 4.74. The Morgan fingerprint density at radius 3 is 2.65 bits per heavy atom. The van der Waals surface area contributed by atoms with Crippen LogP contribution in [0, 0.1) is 0 Å². The summed E-state index contributed by atoms with van der Waals surface area (Å²) < 4.78 is 33.7. The number of nitrogens with zero attached hydrogens (tertiary/aromatic N) is 5. The van der Waals surface area contributed by atoms with E-state index in [1.54, 1.807) is 36.0 Å². The van der Waals surface area contributed by atoms with Gasteiger partial charge in [-0.2, -0.15) is 8.42 Å². The van der Waals surface area contributed by atoms with Gasteiger partial charge in [0.2, 0.25) is 0 Å². The average Bonchev–Trinajstić information content (AvgIpc) is 2.87. The fraction of sp³-hybridized carbons (Fsp3) is 0.167. The summed E-state index contributed by atoms with van der Waals surface area (Å²) in [7, 11) is -2.52. The second-order valence-corrected chi connectivity index (χ2v) is 5.89. The van der Waals surface area contributed by atoms with Crippen LogP contribution in [0.15, 0.2) is 30.6 Å². The summed E-state index contributed by atoms with van der Waals surface area (Å²) in [5.74, 6) is 0.559. The number of benzene rings is 1. The number of rotatable bonds is 5. The third-order valence-electron chi connectivity index (χ3n) is 3.05. The van der Waals surface area contributed by atoms with Crippen molar-refractivity contribution < 1.29 is 13.0 Å². The summed E-state index contributed by atoms with van der Waals surface area (Å²) in [6.07, 6.45) is 1.42. The fourth-order valence-electron chi connectivity index (χ4n) is 2.01. The van der Waals surface area contributed by atoms with Crippen molar-refractivity contribution in [2.45, 2.75) is 6.54 Å². The van der Waals surface area contributed by atoms with Gasteiger partial charge in [-0.1, -0.05) is 17.3 Å². The Balaban J connectivity index is 1.72. The molecule has 0 radical (unpaired) electrons. The zero-order chi connectivity index (χ0) is 16.4. The molecular weight excluding hydrogens is 322 g/mol. The van der Waals surface area contributed by atoms with Crippen LogP contribution in [0.25, 0.3) is 11.2 Å². The Morgan fingerprint density at radius 1 is 1.22 bits per heavy atom. The van der Waals surface area contributed by atoms with E-state index in [2.05, 4.69) is 25.6 Å². The minimum absolute atomic E-state index is 0.273. The molecule has 3 N–H and O–H groups in total. The molecule has 11 heteroatoms. The van der Waals surface area contributed by atoms with E-state index < -0.39 is 10.3 Å². The Labute approximate surface area is 131 Å². The fourth-order valence-corrected chi connectivity index (χ4v) is 2.44. The number of fused-ring (bicyclic) bond motifs is 1. The molecule has 0 saturated heterocycles. The molecule has 0 fully saturated rings. The maximum absolute atomic E-state index is 10.7. The smallest absolute Gasteiger partial charge is 0.357 e. The number of hydrogen-bond donors (Lipinski definition) is 3. The quantitative estimate of drug-likeness (QED) is 0.576. The molecule has 2 aromatic heterocycles. The van der Waals surface area contributed by atoms with Crippen LogP contribution in [0.1, 0.15) is 5.56 Å². The molecule has 3 aromatic rings. The van der Waals surface area contributed by atoms with E-state index >= 15 is 0 Å². The first kappa shape index (κ1) is 15.1. The van der Waals surface area contributed by atoms with Gasteiger partial charge in [0.1, 0.15) is 6.33 Å². The van der Waals surface area contributed by atoms with Gasteiger partial charge in [0.05, 0.1) is 5.69 Å². The lowest BCUT2D eigenvalue weighted by atomic mass is 10.2. The van der Waals surface area contributed by atoms with Crippen LogP contribution < -0.4 is 10.0 Å². The highest BCUT2D eigenvalue weighted by atomic mass is 32.2. The number of nitrogens with one attached hydrogen (secondary N) is 2. The molecule has 3 rings (SSSR count). The number of hydrogen-bond acceptors (Lipinski definition) is 7. The van der Waals surface area contributed by atoms with Gasteiger partial charge in [0, 0.05) is 13.6 Å². The largest absolute Gasteiger partial charge is 0.364 e. The van der Waals surface area contributed by atoms with E-state index in [4.69, 9.17) is 4.55 Å². The van der Waals surface area contributed by atoms with E-state index in [0.717, 1.165) is 5.56 Å². The normalized spacial score (nSPS) is 11.6. The maximum Gasteiger partial charge on any atom is 0.357 e. The second kappa shape index (κ2) is 5.78. The van der Waals surface area contributed by atoms with E-state index in [-0.39, 0.29) is 5.69 Å². The van der Waals surface area contributed by atoms with Crippen LogP contribution in [0.3, 0.4) is 0 Å². The van der Waals surface area contributed by atoms with E-state index in [9.17, 15) is 8.42 Å². The van der Waals surface area contributed by atoms with E-state index in [1.807, 2.05) is 4.72 Å². The number of aryl methyl sites for hydroxylation is 1. The molecule has 0 spiro atoms. The summed E-state index contributed by atoms with van der Waals surface area (Å²) in [6, 6.07) is 6.52. The predicted octanol–water partition coefficient (Wildman–Crippen LogP) is 0.585. The van der Waals surface area contributed by atoms with Crippen molar-refractivity contribution in [3.63, 3.8) is 0 Å². The van der Waals surface area contributed by atoms with Crippen LogP contribution >= 0.6 is 0 Å². The van der Waals surface area contributed by atoms with Gasteiger partial charge in [0.25, 0.3) is 0 Å². The molecule has 0 amide bonds. The predicted molar refractivity (Wildman–Crippen MR) is 83.0 cm³/mol. The topological polar surface area (TPSA) is 135 Å². The van der Waals surface area contributed by atoms with Gasteiger partial charge < -0.3 is 5.32 Å². The minimum atomic E-state index is -4.27. The molecule has 0 atom stereocenters. The summed E-state index contributed by atoms with van der Waals surface area (Å²) in [5.41, 5.74) is 2.35. The molecule has 0 unspecified atom stereocenters. The molecule has 1 aromatic carbocycles. The van der Waals surface area contributed by atoms with Gasteiger partial charge in [-0.15, -0.1) is 5.10 Å². The summed E-state index contributed by atoms with van der Waals surface area (Å²) in [6.45, 7) is 0.453. The third-order valence-corrected chi connectivity index (χ3v) is 3.54. The SMILES string of the molecule is Cn1nnc2c(NCc3ccc(NS(=O)(=O)O)cc3)ncnc21. The van der Waals surface area contributed by atoms with Crippen LogP contribution in [0.5, 0.6) is 0 Å². The molecular formula is C12H13N7O3S. The molecule has 0 bridgehead atoms. The van der Waals surface area contributed by atoms with Gasteiger partial charge in [-0.25, -0.2) is 14.6 Å². The average molecular weight is 335 g/mol. The van der Waals surface area contributed by atoms with Crippen LogP contribution in [0.2, 0.25) is 0 Å². The summed E-state index contributed by atoms with van der Waals surface area (Å²) in [4.78, 5) is 8.24. The van der Waals surface area contributed by atoms with Gasteiger partial charge >= 0.3 is 10.3 Å². The summed E-state index contributed by atoms with van der Waals surface area (Å²) >= 11 is 0. The van der Waals surface area contributed by atoms with Crippen LogP contribution in [-0.2, 0) is 23.9 Å². The Morgan fingerprint density at radius 2 is 1.96 bits per heavy atom. The highest BCUT2D eigenvalue weighted by Gasteiger charge is 2.09. The number of anilines is 2. The maximum atomic E-state index is 10.7. The highest BCUT2D eigenvalue weighted by Crippen LogP contribution is 2.17. The zero-order valence-electron chi connectivity index (χ0n) is 12.0. The molecule has 0 aliphatic rings. The van der Waals surface area contributed by atoms with Gasteiger partial charge in [0.15, 0.2) is 17.0 Å². The van der Waals surface area contributed by atoms with Crippen molar-refractivity contribution in [3.05, 3.63) is 36.2 Å². The lowest BCUT2D eigenvalue weighted by Gasteiger charge is -2.07. The van der Waals surface area contributed by atoms with Crippen LogP contribution in [0.4, 0.5) is 11.5 Å². The molecule has 23 heavy (non-hydrogen) atoms. The molecule has 120 valence electrons. The first-order valence-electron chi connectivity index (χ1n) is 6.51. The van der Waals surface area contributed by atoms with E-state index in [0.29, 0.717) is 23.5 Å². The summed E-state index contributed by atoms with van der Waals surface area (Å²) in [5, 5.41) is 11.0. The molecule has 2 heterocycles. The van der Waals surface area contributed by atoms with Gasteiger partial charge in [-0.05, 0) is 17.7 Å². The van der Waals surface area contributed by atoms with Crippen molar-refractivity contribution in [2.75, 3.05) is 10.0 Å². The third kappa shape index (κ3) is 3.52. The first-order chi connectivity index (χ1) is 10.9. The first-order valence-corrected chi connectivity index (χ1v) is 7.95. The Kier molecular flexibility index (Phi) is 3.80.